The van der Waals surface area contributed by atoms with Gasteiger partial charge in [-0.2, -0.15) is 0 Å². The van der Waals surface area contributed by atoms with Gasteiger partial charge in [-0.1, -0.05) is 32.9 Å². The van der Waals surface area contributed by atoms with E-state index in [1.54, 1.807) is 12.1 Å². The van der Waals surface area contributed by atoms with Crippen LogP contribution in [0, 0.1) is 5.41 Å². The van der Waals surface area contributed by atoms with E-state index in [1.807, 2.05) is 20.8 Å². The standard InChI is InChI=1S/C14H23N3O3S/c1-14(2,3)12(15)8-13(18)17-9-10-5-4-6-11(7-10)21(16,19)20/h4-7,12H,8-9,15H2,1-3H3,(H,17,18)(H2,16,19,20). The number of amides is 1. The second-order valence-corrected chi connectivity index (χ2v) is 7.71. The van der Waals surface area contributed by atoms with Crippen molar-refractivity contribution in [3.63, 3.8) is 0 Å². The van der Waals surface area contributed by atoms with Crippen LogP contribution in [0.4, 0.5) is 0 Å². The molecule has 0 radical (unpaired) electrons. The highest BCUT2D eigenvalue weighted by atomic mass is 32.2. The Bertz CT molecular complexity index is 606. The zero-order valence-corrected chi connectivity index (χ0v) is 13.4. The third-order valence-electron chi connectivity index (χ3n) is 3.23. The molecule has 0 saturated heterocycles. The minimum absolute atomic E-state index is 0.0284. The summed E-state index contributed by atoms with van der Waals surface area (Å²) in [4.78, 5) is 11.8. The van der Waals surface area contributed by atoms with E-state index in [1.165, 1.54) is 12.1 Å². The molecule has 118 valence electrons. The van der Waals surface area contributed by atoms with Gasteiger partial charge in [-0.05, 0) is 23.1 Å². The summed E-state index contributed by atoms with van der Waals surface area (Å²) >= 11 is 0. The number of nitrogens with two attached hydrogens (primary N) is 2. The fraction of sp³-hybridized carbons (Fsp3) is 0.500. The minimum atomic E-state index is -3.73. The molecule has 0 aliphatic heterocycles. The van der Waals surface area contributed by atoms with Gasteiger partial charge in [0.2, 0.25) is 15.9 Å². The molecule has 0 bridgehead atoms. The molecule has 1 unspecified atom stereocenters. The van der Waals surface area contributed by atoms with Crippen molar-refractivity contribution >= 4 is 15.9 Å². The predicted octanol–water partition coefficient (Wildman–Crippen LogP) is 0.714. The Hall–Kier alpha value is -1.44. The molecule has 1 aromatic carbocycles. The lowest BCUT2D eigenvalue weighted by Crippen LogP contribution is -2.40. The molecule has 0 spiro atoms. The smallest absolute Gasteiger partial charge is 0.238 e. The summed E-state index contributed by atoms with van der Waals surface area (Å²) in [7, 11) is -3.73. The number of carbonyl (C=O) groups excluding carboxylic acids is 1. The van der Waals surface area contributed by atoms with Crippen molar-refractivity contribution in [1.29, 1.82) is 0 Å². The van der Waals surface area contributed by atoms with E-state index in [0.717, 1.165) is 0 Å². The molecule has 0 heterocycles. The van der Waals surface area contributed by atoms with Crippen LogP contribution in [0.5, 0.6) is 0 Å². The van der Waals surface area contributed by atoms with Gasteiger partial charge in [0.05, 0.1) is 4.90 Å². The lowest BCUT2D eigenvalue weighted by molar-refractivity contribution is -0.122. The third-order valence-corrected chi connectivity index (χ3v) is 4.15. The Kier molecular flexibility index (Phi) is 5.49. The van der Waals surface area contributed by atoms with Crippen LogP contribution in [0.15, 0.2) is 29.2 Å². The van der Waals surface area contributed by atoms with Crippen LogP contribution in [0.2, 0.25) is 0 Å². The number of sulfonamides is 1. The molecule has 0 aliphatic carbocycles. The summed E-state index contributed by atoms with van der Waals surface area (Å²) in [5, 5.41) is 7.79. The maximum absolute atomic E-state index is 11.8. The normalized spacial score (nSPS) is 13.8. The van der Waals surface area contributed by atoms with E-state index >= 15 is 0 Å². The molecule has 6 nitrogen and oxygen atoms in total. The van der Waals surface area contributed by atoms with Crippen LogP contribution >= 0.6 is 0 Å². The number of rotatable bonds is 5. The van der Waals surface area contributed by atoms with Gasteiger partial charge in [-0.25, -0.2) is 13.6 Å². The number of hydrogen-bond acceptors (Lipinski definition) is 4. The molecule has 1 rings (SSSR count). The lowest BCUT2D eigenvalue weighted by atomic mass is 9.85. The summed E-state index contributed by atoms with van der Waals surface area (Å²) in [5.74, 6) is -0.168. The van der Waals surface area contributed by atoms with Crippen molar-refractivity contribution in [3.05, 3.63) is 29.8 Å². The molecule has 0 aliphatic rings. The number of carbonyl (C=O) groups is 1. The summed E-state index contributed by atoms with van der Waals surface area (Å²) in [5.41, 5.74) is 6.46. The van der Waals surface area contributed by atoms with E-state index in [0.29, 0.717) is 5.56 Å². The number of benzene rings is 1. The number of primary sulfonamides is 1. The van der Waals surface area contributed by atoms with Crippen LogP contribution in [-0.4, -0.2) is 20.4 Å². The van der Waals surface area contributed by atoms with Crippen molar-refractivity contribution in [3.8, 4) is 0 Å². The molecule has 5 N–H and O–H groups in total. The Balaban J connectivity index is 2.62. The summed E-state index contributed by atoms with van der Waals surface area (Å²) in [6.07, 6.45) is 0.221. The monoisotopic (exact) mass is 313 g/mol. The molecule has 0 fully saturated rings. The highest BCUT2D eigenvalue weighted by Gasteiger charge is 2.22. The third kappa shape index (κ3) is 5.82. The zero-order chi connectivity index (χ0) is 16.3. The van der Waals surface area contributed by atoms with Gasteiger partial charge in [0, 0.05) is 19.0 Å². The fourth-order valence-electron chi connectivity index (χ4n) is 1.61. The van der Waals surface area contributed by atoms with Crippen LogP contribution in [-0.2, 0) is 21.4 Å². The molecule has 0 aromatic heterocycles. The quantitative estimate of drug-likeness (QED) is 0.742. The first kappa shape index (κ1) is 17.6. The Morgan fingerprint density at radius 3 is 2.48 bits per heavy atom. The average molecular weight is 313 g/mol. The first-order valence-corrected chi connectivity index (χ1v) is 8.19. The molecule has 7 heteroatoms. The second kappa shape index (κ2) is 6.55. The fourth-order valence-corrected chi connectivity index (χ4v) is 2.20. The van der Waals surface area contributed by atoms with E-state index in [-0.39, 0.29) is 35.2 Å². The van der Waals surface area contributed by atoms with Crippen molar-refractivity contribution in [2.24, 2.45) is 16.3 Å². The van der Waals surface area contributed by atoms with Gasteiger partial charge in [0.15, 0.2) is 0 Å². The predicted molar refractivity (Wildman–Crippen MR) is 81.7 cm³/mol. The maximum Gasteiger partial charge on any atom is 0.238 e. The van der Waals surface area contributed by atoms with Crippen molar-refractivity contribution < 1.29 is 13.2 Å². The zero-order valence-electron chi connectivity index (χ0n) is 12.6. The van der Waals surface area contributed by atoms with Gasteiger partial charge in [-0.15, -0.1) is 0 Å². The van der Waals surface area contributed by atoms with Gasteiger partial charge in [0.1, 0.15) is 0 Å². The largest absolute Gasteiger partial charge is 0.352 e. The van der Waals surface area contributed by atoms with Gasteiger partial charge in [0.25, 0.3) is 0 Å². The van der Waals surface area contributed by atoms with Crippen LogP contribution < -0.4 is 16.2 Å². The summed E-state index contributed by atoms with van der Waals surface area (Å²) in [6.45, 7) is 6.15. The first-order chi connectivity index (χ1) is 9.50. The molecule has 1 atom stereocenters. The summed E-state index contributed by atoms with van der Waals surface area (Å²) in [6, 6.07) is 5.92. The molecular formula is C14H23N3O3S. The molecular weight excluding hydrogens is 290 g/mol. The topological polar surface area (TPSA) is 115 Å². The van der Waals surface area contributed by atoms with E-state index < -0.39 is 10.0 Å². The van der Waals surface area contributed by atoms with Gasteiger partial charge in [-0.3, -0.25) is 4.79 Å². The van der Waals surface area contributed by atoms with Crippen LogP contribution in [0.25, 0.3) is 0 Å². The second-order valence-electron chi connectivity index (χ2n) is 6.15. The van der Waals surface area contributed by atoms with Crippen molar-refractivity contribution in [1.82, 2.24) is 5.32 Å². The van der Waals surface area contributed by atoms with Crippen LogP contribution in [0.1, 0.15) is 32.8 Å². The first-order valence-electron chi connectivity index (χ1n) is 6.64. The number of hydrogen-bond donors (Lipinski definition) is 3. The Labute approximate surface area is 126 Å². The van der Waals surface area contributed by atoms with Crippen molar-refractivity contribution in [2.75, 3.05) is 0 Å². The van der Waals surface area contributed by atoms with E-state index in [4.69, 9.17) is 10.9 Å². The molecule has 1 amide bonds. The summed E-state index contributed by atoms with van der Waals surface area (Å²) < 4.78 is 22.5. The highest BCUT2D eigenvalue weighted by Crippen LogP contribution is 2.19. The Morgan fingerprint density at radius 1 is 1.33 bits per heavy atom. The minimum Gasteiger partial charge on any atom is -0.352 e. The highest BCUT2D eigenvalue weighted by molar-refractivity contribution is 7.89. The van der Waals surface area contributed by atoms with Gasteiger partial charge < -0.3 is 11.1 Å². The van der Waals surface area contributed by atoms with Crippen LogP contribution in [0.3, 0.4) is 0 Å². The van der Waals surface area contributed by atoms with Crippen molar-refractivity contribution in [2.45, 2.75) is 44.7 Å². The van der Waals surface area contributed by atoms with E-state index in [9.17, 15) is 13.2 Å². The maximum atomic E-state index is 11.8. The molecule has 21 heavy (non-hydrogen) atoms. The van der Waals surface area contributed by atoms with Gasteiger partial charge >= 0.3 is 0 Å². The number of nitrogens with one attached hydrogen (secondary N) is 1. The molecule has 0 saturated carbocycles. The average Bonchev–Trinajstić information content (AvgIpc) is 2.34. The van der Waals surface area contributed by atoms with E-state index in [2.05, 4.69) is 5.32 Å². The molecule has 1 aromatic rings. The lowest BCUT2D eigenvalue weighted by Gasteiger charge is -2.26. The Morgan fingerprint density at radius 2 is 1.95 bits per heavy atom. The SMILES string of the molecule is CC(C)(C)C(N)CC(=O)NCc1cccc(S(N)(=O)=O)c1.